The van der Waals surface area contributed by atoms with Gasteiger partial charge in [-0.1, -0.05) is 40.5 Å². The highest BCUT2D eigenvalue weighted by Crippen LogP contribution is 2.24. The van der Waals surface area contributed by atoms with E-state index in [1.54, 1.807) is 7.05 Å². The van der Waals surface area contributed by atoms with Gasteiger partial charge in [0.15, 0.2) is 0 Å². The van der Waals surface area contributed by atoms with Gasteiger partial charge in [-0.15, -0.1) is 0 Å². The van der Waals surface area contributed by atoms with Crippen LogP contribution in [0, 0.1) is 0 Å². The molecule has 2 rings (SSSR count). The van der Waals surface area contributed by atoms with Gasteiger partial charge in [-0.05, 0) is 24.5 Å². The minimum atomic E-state index is -3.55. The van der Waals surface area contributed by atoms with Gasteiger partial charge >= 0.3 is 0 Å². The fourth-order valence-electron chi connectivity index (χ4n) is 2.59. The highest BCUT2D eigenvalue weighted by Gasteiger charge is 2.34. The predicted octanol–water partition coefficient (Wildman–Crippen LogP) is 1.97. The van der Waals surface area contributed by atoms with Crippen molar-refractivity contribution in [2.45, 2.75) is 31.8 Å². The summed E-state index contributed by atoms with van der Waals surface area (Å²) in [5.41, 5.74) is 0.918. The first kappa shape index (κ1) is 16.9. The number of aliphatic hydroxyl groups excluding tert-OH is 1. The van der Waals surface area contributed by atoms with Crippen LogP contribution in [0.25, 0.3) is 0 Å². The zero-order valence-corrected chi connectivity index (χ0v) is 14.5. The summed E-state index contributed by atoms with van der Waals surface area (Å²) in [5.74, 6) is 0. The van der Waals surface area contributed by atoms with Gasteiger partial charge in [-0.2, -0.15) is 17.0 Å². The molecule has 21 heavy (non-hydrogen) atoms. The van der Waals surface area contributed by atoms with E-state index in [-0.39, 0.29) is 12.6 Å². The number of hydrogen-bond acceptors (Lipinski definition) is 3. The van der Waals surface area contributed by atoms with E-state index in [1.165, 1.54) is 8.61 Å². The monoisotopic (exact) mass is 376 g/mol. The van der Waals surface area contributed by atoms with Gasteiger partial charge in [0.2, 0.25) is 0 Å². The van der Waals surface area contributed by atoms with Gasteiger partial charge in [0, 0.05) is 30.7 Å². The number of halogens is 1. The number of piperidine rings is 1. The molecule has 1 unspecified atom stereocenters. The molecule has 1 aromatic carbocycles. The van der Waals surface area contributed by atoms with Crippen LogP contribution < -0.4 is 0 Å². The van der Waals surface area contributed by atoms with E-state index >= 15 is 0 Å². The Morgan fingerprint density at radius 3 is 2.76 bits per heavy atom. The lowest BCUT2D eigenvalue weighted by Crippen LogP contribution is -2.50. The standard InChI is InChI=1S/C14H21BrN2O3S/c1-16(10-12-6-2-3-8-14(12)15)21(19,20)17-9-5-4-7-13(17)11-18/h2-3,6,8,13,18H,4-5,7,9-11H2,1H3. The second-order valence-corrected chi connectivity index (χ2v) is 8.14. The summed E-state index contributed by atoms with van der Waals surface area (Å²) in [7, 11) is -1.97. The Morgan fingerprint density at radius 1 is 1.38 bits per heavy atom. The van der Waals surface area contributed by atoms with Crippen LogP contribution in [0.1, 0.15) is 24.8 Å². The summed E-state index contributed by atoms with van der Waals surface area (Å²) >= 11 is 3.44. The van der Waals surface area contributed by atoms with Crippen molar-refractivity contribution < 1.29 is 13.5 Å². The quantitative estimate of drug-likeness (QED) is 0.854. The summed E-state index contributed by atoms with van der Waals surface area (Å²) in [6.07, 6.45) is 2.53. The molecular formula is C14H21BrN2O3S. The molecule has 0 aromatic heterocycles. The fraction of sp³-hybridized carbons (Fsp3) is 0.571. The zero-order chi connectivity index (χ0) is 15.5. The van der Waals surface area contributed by atoms with E-state index in [0.717, 1.165) is 29.3 Å². The number of hydrogen-bond donors (Lipinski definition) is 1. The summed E-state index contributed by atoms with van der Waals surface area (Å²) in [6.45, 7) is 0.661. The van der Waals surface area contributed by atoms with Gasteiger partial charge in [0.1, 0.15) is 0 Å². The van der Waals surface area contributed by atoms with Crippen molar-refractivity contribution in [2.24, 2.45) is 0 Å². The Kier molecular flexibility index (Phi) is 5.79. The van der Waals surface area contributed by atoms with Crippen LogP contribution in [0.5, 0.6) is 0 Å². The van der Waals surface area contributed by atoms with Crippen LogP contribution in [0.2, 0.25) is 0 Å². The van der Waals surface area contributed by atoms with Crippen molar-refractivity contribution >= 4 is 26.1 Å². The molecule has 7 heteroatoms. The molecule has 1 atom stereocenters. The molecule has 1 saturated heterocycles. The van der Waals surface area contributed by atoms with Crippen molar-refractivity contribution in [2.75, 3.05) is 20.2 Å². The first-order valence-corrected chi connectivity index (χ1v) is 9.23. The van der Waals surface area contributed by atoms with Crippen molar-refractivity contribution in [3.8, 4) is 0 Å². The van der Waals surface area contributed by atoms with Crippen molar-refractivity contribution in [1.82, 2.24) is 8.61 Å². The summed E-state index contributed by atoms with van der Waals surface area (Å²) < 4.78 is 29.1. The fourth-order valence-corrected chi connectivity index (χ4v) is 4.57. The zero-order valence-electron chi connectivity index (χ0n) is 12.1. The van der Waals surface area contributed by atoms with Crippen molar-refractivity contribution in [3.05, 3.63) is 34.3 Å². The van der Waals surface area contributed by atoms with E-state index in [1.807, 2.05) is 24.3 Å². The third kappa shape index (κ3) is 3.84. The Hall–Kier alpha value is -0.470. The number of rotatable bonds is 5. The molecule has 118 valence electrons. The van der Waals surface area contributed by atoms with Gasteiger partial charge < -0.3 is 5.11 Å². The van der Waals surface area contributed by atoms with Gasteiger partial charge in [0.25, 0.3) is 10.2 Å². The van der Waals surface area contributed by atoms with Gasteiger partial charge in [0.05, 0.1) is 6.61 Å². The summed E-state index contributed by atoms with van der Waals surface area (Å²) in [4.78, 5) is 0. The van der Waals surface area contributed by atoms with E-state index in [0.29, 0.717) is 13.1 Å². The van der Waals surface area contributed by atoms with Crippen LogP contribution in [0.15, 0.2) is 28.7 Å². The van der Waals surface area contributed by atoms with Crippen LogP contribution in [0.3, 0.4) is 0 Å². The average Bonchev–Trinajstić information content (AvgIpc) is 2.49. The molecule has 0 radical (unpaired) electrons. The molecule has 1 N–H and O–H groups in total. The van der Waals surface area contributed by atoms with Crippen molar-refractivity contribution in [3.63, 3.8) is 0 Å². The van der Waals surface area contributed by atoms with Crippen molar-refractivity contribution in [1.29, 1.82) is 0 Å². The topological polar surface area (TPSA) is 60.9 Å². The smallest absolute Gasteiger partial charge is 0.282 e. The molecule has 0 saturated carbocycles. The molecule has 1 heterocycles. The number of benzene rings is 1. The largest absolute Gasteiger partial charge is 0.395 e. The minimum Gasteiger partial charge on any atom is -0.395 e. The molecule has 0 amide bonds. The normalized spacial score (nSPS) is 20.9. The molecule has 1 aromatic rings. The van der Waals surface area contributed by atoms with Crippen LogP contribution >= 0.6 is 15.9 Å². The van der Waals surface area contributed by atoms with Crippen LogP contribution in [-0.4, -0.2) is 48.4 Å². The Balaban J connectivity index is 2.16. The number of nitrogens with zero attached hydrogens (tertiary/aromatic N) is 2. The summed E-state index contributed by atoms with van der Waals surface area (Å²) in [6, 6.07) is 7.28. The molecule has 0 spiro atoms. The highest BCUT2D eigenvalue weighted by atomic mass is 79.9. The second kappa shape index (κ2) is 7.19. The molecular weight excluding hydrogens is 356 g/mol. The Morgan fingerprint density at radius 2 is 2.10 bits per heavy atom. The SMILES string of the molecule is CN(Cc1ccccc1Br)S(=O)(=O)N1CCCCC1CO. The maximum atomic E-state index is 12.7. The summed E-state index contributed by atoms with van der Waals surface area (Å²) in [5, 5.41) is 9.41. The Labute approximate surface area is 134 Å². The first-order valence-electron chi connectivity index (χ1n) is 7.04. The first-order chi connectivity index (χ1) is 9.96. The maximum Gasteiger partial charge on any atom is 0.282 e. The molecule has 1 aliphatic heterocycles. The molecule has 0 aliphatic carbocycles. The van der Waals surface area contributed by atoms with Crippen LogP contribution in [-0.2, 0) is 16.8 Å². The minimum absolute atomic E-state index is 0.123. The highest BCUT2D eigenvalue weighted by molar-refractivity contribution is 9.10. The average molecular weight is 377 g/mol. The predicted molar refractivity (Wildman–Crippen MR) is 86.0 cm³/mol. The third-order valence-corrected chi connectivity index (χ3v) is 6.59. The van der Waals surface area contributed by atoms with E-state index in [9.17, 15) is 13.5 Å². The second-order valence-electron chi connectivity index (χ2n) is 5.30. The number of aliphatic hydroxyl groups is 1. The van der Waals surface area contributed by atoms with E-state index in [4.69, 9.17) is 0 Å². The lowest BCUT2D eigenvalue weighted by molar-refractivity contribution is 0.149. The van der Waals surface area contributed by atoms with Gasteiger partial charge in [-0.3, -0.25) is 0 Å². The van der Waals surface area contributed by atoms with Gasteiger partial charge in [-0.25, -0.2) is 0 Å². The van der Waals surface area contributed by atoms with E-state index < -0.39 is 10.2 Å². The maximum absolute atomic E-state index is 12.7. The Bertz CT molecular complexity index is 579. The molecule has 1 fully saturated rings. The molecule has 1 aliphatic rings. The third-order valence-electron chi connectivity index (χ3n) is 3.82. The van der Waals surface area contributed by atoms with E-state index in [2.05, 4.69) is 15.9 Å². The molecule has 5 nitrogen and oxygen atoms in total. The lowest BCUT2D eigenvalue weighted by atomic mass is 10.1. The molecule has 0 bridgehead atoms. The van der Waals surface area contributed by atoms with Crippen LogP contribution in [0.4, 0.5) is 0 Å². The lowest BCUT2D eigenvalue weighted by Gasteiger charge is -2.36.